The fraction of sp³-hybridized carbons (Fsp3) is 0.455. The topological polar surface area (TPSA) is 26.0 Å². The van der Waals surface area contributed by atoms with Crippen LogP contribution in [0.25, 0.3) is 0 Å². The molecule has 0 heterocycles. The number of halogens is 3. The number of hydrogen-bond donors (Lipinski definition) is 1. The summed E-state index contributed by atoms with van der Waals surface area (Å²) in [5, 5.41) is 0. The molecule has 15 heavy (non-hydrogen) atoms. The first-order valence-electron chi connectivity index (χ1n) is 4.88. The number of hydrogen-bond acceptors (Lipinski definition) is 1. The third-order valence-electron chi connectivity index (χ3n) is 2.67. The molecule has 0 aromatic heterocycles. The van der Waals surface area contributed by atoms with Gasteiger partial charge in [0.2, 0.25) is 0 Å². The van der Waals surface area contributed by atoms with Crippen LogP contribution in [0.5, 0.6) is 0 Å². The summed E-state index contributed by atoms with van der Waals surface area (Å²) in [6.45, 7) is 0. The maximum atomic E-state index is 13.3. The number of nitrogens with two attached hydrogens (primary N) is 1. The summed E-state index contributed by atoms with van der Waals surface area (Å²) < 4.78 is 26.1. The highest BCUT2D eigenvalue weighted by Gasteiger charge is 2.26. The molecule has 1 aliphatic rings. The van der Waals surface area contributed by atoms with Crippen molar-refractivity contribution in [3.8, 4) is 0 Å². The summed E-state index contributed by atoms with van der Waals surface area (Å²) in [7, 11) is 0. The van der Waals surface area contributed by atoms with Crippen molar-refractivity contribution in [1.29, 1.82) is 0 Å². The van der Waals surface area contributed by atoms with E-state index >= 15 is 0 Å². The molecule has 0 aliphatic heterocycles. The van der Waals surface area contributed by atoms with Crippen LogP contribution >= 0.6 is 12.4 Å². The third-order valence-corrected chi connectivity index (χ3v) is 2.67. The molecule has 1 saturated carbocycles. The van der Waals surface area contributed by atoms with Crippen molar-refractivity contribution < 1.29 is 8.78 Å². The van der Waals surface area contributed by atoms with Crippen molar-refractivity contribution in [2.24, 2.45) is 11.7 Å². The van der Waals surface area contributed by atoms with Crippen molar-refractivity contribution in [2.75, 3.05) is 0 Å². The first kappa shape index (κ1) is 12.4. The summed E-state index contributed by atoms with van der Waals surface area (Å²) in [5.74, 6) is -0.984. The predicted molar refractivity (Wildman–Crippen MR) is 57.9 cm³/mol. The Labute approximate surface area is 94.1 Å². The van der Waals surface area contributed by atoms with Gasteiger partial charge in [-0.3, -0.25) is 0 Å². The molecule has 1 aliphatic carbocycles. The van der Waals surface area contributed by atoms with Crippen molar-refractivity contribution in [3.05, 3.63) is 35.4 Å². The molecular formula is C11H14ClF2N. The van der Waals surface area contributed by atoms with Gasteiger partial charge in [0.15, 0.2) is 11.6 Å². The second-order valence-corrected chi connectivity index (χ2v) is 3.93. The maximum Gasteiger partial charge on any atom is 0.163 e. The highest BCUT2D eigenvalue weighted by atomic mass is 35.5. The molecule has 0 saturated heterocycles. The van der Waals surface area contributed by atoms with Gasteiger partial charge in [0.1, 0.15) is 0 Å². The normalized spacial score (nSPS) is 17.0. The quantitative estimate of drug-likeness (QED) is 0.853. The Balaban J connectivity index is 0.00000112. The summed E-state index contributed by atoms with van der Waals surface area (Å²) in [6, 6.07) is 3.81. The van der Waals surface area contributed by atoms with E-state index in [-0.39, 0.29) is 18.4 Å². The molecule has 1 atom stereocenters. The van der Waals surface area contributed by atoms with Crippen LogP contribution in [-0.2, 0) is 0 Å². The molecule has 1 aromatic carbocycles. The summed E-state index contributed by atoms with van der Waals surface area (Å²) >= 11 is 0. The lowest BCUT2D eigenvalue weighted by molar-refractivity contribution is 0.478. The van der Waals surface area contributed by atoms with Gasteiger partial charge in [-0.2, -0.15) is 0 Å². The van der Waals surface area contributed by atoms with Gasteiger partial charge in [0.25, 0.3) is 0 Å². The van der Waals surface area contributed by atoms with Gasteiger partial charge in [-0.1, -0.05) is 25.0 Å². The molecule has 1 aromatic rings. The van der Waals surface area contributed by atoms with Crippen LogP contribution < -0.4 is 5.73 Å². The van der Waals surface area contributed by atoms with Crippen LogP contribution in [0.1, 0.15) is 30.9 Å². The second kappa shape index (κ2) is 4.90. The SMILES string of the molecule is Cl.N[C@@H](CC1CC1)c1cccc(F)c1F. The van der Waals surface area contributed by atoms with Gasteiger partial charge in [-0.25, -0.2) is 8.78 Å². The Morgan fingerprint density at radius 2 is 2.00 bits per heavy atom. The smallest absolute Gasteiger partial charge is 0.163 e. The van der Waals surface area contributed by atoms with E-state index in [1.54, 1.807) is 6.07 Å². The van der Waals surface area contributed by atoms with E-state index in [0.29, 0.717) is 11.5 Å². The standard InChI is InChI=1S/C11H13F2N.ClH/c12-9-3-1-2-8(11(9)13)10(14)6-7-4-5-7;/h1-3,7,10H,4-6,14H2;1H/t10-;/m0./s1. The first-order valence-corrected chi connectivity index (χ1v) is 4.88. The third kappa shape index (κ3) is 2.89. The van der Waals surface area contributed by atoms with Crippen molar-refractivity contribution >= 4 is 12.4 Å². The van der Waals surface area contributed by atoms with Gasteiger partial charge in [0, 0.05) is 11.6 Å². The minimum Gasteiger partial charge on any atom is -0.324 e. The minimum absolute atomic E-state index is 0. The van der Waals surface area contributed by atoms with Crippen LogP contribution in [0.3, 0.4) is 0 Å². The van der Waals surface area contributed by atoms with E-state index in [1.807, 2.05) is 0 Å². The van der Waals surface area contributed by atoms with Gasteiger partial charge in [-0.05, 0) is 18.4 Å². The maximum absolute atomic E-state index is 13.3. The van der Waals surface area contributed by atoms with Gasteiger partial charge >= 0.3 is 0 Å². The Kier molecular flexibility index (Phi) is 4.05. The lowest BCUT2D eigenvalue weighted by atomic mass is 10.0. The van der Waals surface area contributed by atoms with E-state index in [9.17, 15) is 8.78 Å². The molecule has 2 N–H and O–H groups in total. The average Bonchev–Trinajstić information content (AvgIpc) is 2.93. The molecule has 1 nitrogen and oxygen atoms in total. The van der Waals surface area contributed by atoms with Gasteiger partial charge < -0.3 is 5.73 Å². The average molecular weight is 234 g/mol. The zero-order valence-electron chi connectivity index (χ0n) is 8.25. The van der Waals surface area contributed by atoms with E-state index in [4.69, 9.17) is 5.73 Å². The number of rotatable bonds is 3. The second-order valence-electron chi connectivity index (χ2n) is 3.93. The molecule has 0 amide bonds. The van der Waals surface area contributed by atoms with E-state index in [2.05, 4.69) is 0 Å². The highest BCUT2D eigenvalue weighted by molar-refractivity contribution is 5.85. The lowest BCUT2D eigenvalue weighted by Crippen LogP contribution is -2.13. The lowest BCUT2D eigenvalue weighted by Gasteiger charge is -2.12. The summed E-state index contributed by atoms with van der Waals surface area (Å²) in [5.41, 5.74) is 6.10. The molecule has 0 bridgehead atoms. The minimum atomic E-state index is -0.811. The fourth-order valence-corrected chi connectivity index (χ4v) is 1.65. The van der Waals surface area contributed by atoms with Crippen LogP contribution in [0.4, 0.5) is 8.78 Å². The molecule has 4 heteroatoms. The molecule has 84 valence electrons. The zero-order valence-corrected chi connectivity index (χ0v) is 9.07. The highest BCUT2D eigenvalue weighted by Crippen LogP contribution is 2.37. The van der Waals surface area contributed by atoms with Crippen LogP contribution in [-0.4, -0.2) is 0 Å². The molecule has 0 spiro atoms. The van der Waals surface area contributed by atoms with E-state index in [1.165, 1.54) is 18.9 Å². The fourth-order valence-electron chi connectivity index (χ4n) is 1.65. The van der Waals surface area contributed by atoms with Crippen molar-refractivity contribution in [1.82, 2.24) is 0 Å². The van der Waals surface area contributed by atoms with E-state index in [0.717, 1.165) is 12.5 Å². The first-order chi connectivity index (χ1) is 6.68. The van der Waals surface area contributed by atoms with Crippen LogP contribution in [0.2, 0.25) is 0 Å². The van der Waals surface area contributed by atoms with Gasteiger partial charge in [-0.15, -0.1) is 12.4 Å². The Morgan fingerprint density at radius 1 is 1.33 bits per heavy atom. The van der Waals surface area contributed by atoms with E-state index < -0.39 is 11.6 Å². The van der Waals surface area contributed by atoms with Gasteiger partial charge in [0.05, 0.1) is 0 Å². The molecule has 2 rings (SSSR count). The zero-order chi connectivity index (χ0) is 10.1. The molecular weight excluding hydrogens is 220 g/mol. The largest absolute Gasteiger partial charge is 0.324 e. The molecule has 0 unspecified atom stereocenters. The van der Waals surface area contributed by atoms with Crippen LogP contribution in [0.15, 0.2) is 18.2 Å². The Morgan fingerprint density at radius 3 is 2.60 bits per heavy atom. The van der Waals surface area contributed by atoms with Crippen molar-refractivity contribution in [3.63, 3.8) is 0 Å². The summed E-state index contributed by atoms with van der Waals surface area (Å²) in [6.07, 6.45) is 3.11. The number of benzene rings is 1. The summed E-state index contributed by atoms with van der Waals surface area (Å²) in [4.78, 5) is 0. The van der Waals surface area contributed by atoms with Crippen molar-refractivity contribution in [2.45, 2.75) is 25.3 Å². The Hall–Kier alpha value is -0.670. The monoisotopic (exact) mass is 233 g/mol. The Bertz CT molecular complexity index is 339. The molecule has 1 fully saturated rings. The molecule has 0 radical (unpaired) electrons. The van der Waals surface area contributed by atoms with Crippen LogP contribution in [0, 0.1) is 17.6 Å². The predicted octanol–water partition coefficient (Wildman–Crippen LogP) is 3.19.